The molecule has 38 heavy (non-hydrogen) atoms. The summed E-state index contributed by atoms with van der Waals surface area (Å²) in [4.78, 5) is 29.8. The number of carbonyl (C=O) groups is 2. The highest BCUT2D eigenvalue weighted by molar-refractivity contribution is 5.91. The van der Waals surface area contributed by atoms with Crippen LogP contribution in [0.1, 0.15) is 69.9 Å². The lowest BCUT2D eigenvalue weighted by molar-refractivity contribution is -0.150. The van der Waals surface area contributed by atoms with E-state index in [9.17, 15) is 14.7 Å². The molecule has 6 aliphatic rings. The molecule has 3 heterocycles. The Morgan fingerprint density at radius 2 is 1.92 bits per heavy atom. The Hall–Kier alpha value is -2.32. The largest absolute Gasteiger partial charge is 0.504 e. The quantitative estimate of drug-likeness (QED) is 0.552. The number of benzene rings is 1. The van der Waals surface area contributed by atoms with Crippen LogP contribution in [0.15, 0.2) is 6.07 Å². The third-order valence-electron chi connectivity index (χ3n) is 10.6. The third-order valence-corrected chi connectivity index (χ3v) is 10.6. The number of nitrogens with one attached hydrogen (secondary N) is 1. The number of anilines is 1. The molecule has 8 heteroatoms. The molecule has 1 spiro atoms. The Labute approximate surface area is 225 Å². The molecule has 206 valence electrons. The molecule has 0 radical (unpaired) electrons. The van der Waals surface area contributed by atoms with Crippen molar-refractivity contribution in [3.05, 3.63) is 17.2 Å². The zero-order chi connectivity index (χ0) is 26.2. The first kappa shape index (κ1) is 24.7. The van der Waals surface area contributed by atoms with Gasteiger partial charge in [0.05, 0.1) is 12.5 Å². The maximum Gasteiger partial charge on any atom is 0.309 e. The summed E-state index contributed by atoms with van der Waals surface area (Å²) < 4.78 is 12.2. The molecular formula is C30H41N3O5. The standard InChI is InChI=1S/C30H41N3O5/c1-3-37-29(36)19-8-11-32(12-9-19)23-7-6-21-24-14-20-22(31-17(2)34)15-25(35)27-26(20)30(21,28(23)38-27)10-13-33(24)16-18-4-5-18/h15,18-19,21,23-24,28,35H,3-14,16H2,1-2H3,(H,31,34)/t21-,23+,24+,28-,30-/m0/s1. The minimum absolute atomic E-state index is 0.0111. The minimum Gasteiger partial charge on any atom is -0.504 e. The van der Waals surface area contributed by atoms with Crippen molar-refractivity contribution < 1.29 is 24.2 Å². The van der Waals surface area contributed by atoms with Crippen molar-refractivity contribution in [2.45, 2.75) is 88.8 Å². The van der Waals surface area contributed by atoms with Gasteiger partial charge < -0.3 is 19.9 Å². The van der Waals surface area contributed by atoms with Gasteiger partial charge in [-0.1, -0.05) is 0 Å². The van der Waals surface area contributed by atoms with Crippen molar-refractivity contribution in [2.75, 3.05) is 38.1 Å². The monoisotopic (exact) mass is 523 g/mol. The zero-order valence-corrected chi connectivity index (χ0v) is 22.7. The molecule has 1 amide bonds. The number of nitrogens with zero attached hydrogens (tertiary/aromatic N) is 2. The van der Waals surface area contributed by atoms with Crippen LogP contribution < -0.4 is 10.1 Å². The molecule has 3 aliphatic heterocycles. The van der Waals surface area contributed by atoms with Gasteiger partial charge in [0.2, 0.25) is 5.91 Å². The van der Waals surface area contributed by atoms with Crippen molar-refractivity contribution in [2.24, 2.45) is 17.8 Å². The number of esters is 1. The third kappa shape index (κ3) is 3.69. The van der Waals surface area contributed by atoms with Crippen LogP contribution >= 0.6 is 0 Å². The molecule has 0 aromatic heterocycles. The van der Waals surface area contributed by atoms with Crippen LogP contribution in [0.2, 0.25) is 0 Å². The molecule has 0 unspecified atom stereocenters. The first-order valence-electron chi connectivity index (χ1n) is 14.9. The normalized spacial score (nSPS) is 34.4. The van der Waals surface area contributed by atoms with Gasteiger partial charge >= 0.3 is 5.97 Å². The molecule has 1 aromatic carbocycles. The van der Waals surface area contributed by atoms with E-state index < -0.39 is 0 Å². The van der Waals surface area contributed by atoms with Gasteiger partial charge in [0, 0.05) is 48.3 Å². The van der Waals surface area contributed by atoms with Crippen LogP contribution in [0, 0.1) is 17.8 Å². The maximum atomic E-state index is 12.4. The Morgan fingerprint density at radius 1 is 1.13 bits per heavy atom. The van der Waals surface area contributed by atoms with Gasteiger partial charge in [-0.15, -0.1) is 0 Å². The first-order chi connectivity index (χ1) is 18.4. The van der Waals surface area contributed by atoms with Crippen molar-refractivity contribution in [1.82, 2.24) is 9.80 Å². The summed E-state index contributed by atoms with van der Waals surface area (Å²) in [7, 11) is 0. The highest BCUT2D eigenvalue weighted by Gasteiger charge is 2.67. The van der Waals surface area contributed by atoms with E-state index in [0.29, 0.717) is 24.3 Å². The van der Waals surface area contributed by atoms with Gasteiger partial charge in [-0.3, -0.25) is 19.4 Å². The van der Waals surface area contributed by atoms with E-state index in [1.807, 2.05) is 6.92 Å². The molecule has 2 saturated carbocycles. The predicted molar refractivity (Wildman–Crippen MR) is 142 cm³/mol. The molecule has 2 N–H and O–H groups in total. The van der Waals surface area contributed by atoms with Gasteiger partial charge in [0.25, 0.3) is 0 Å². The Kier molecular flexibility index (Phi) is 5.93. The summed E-state index contributed by atoms with van der Waals surface area (Å²) in [6.07, 6.45) is 8.50. The van der Waals surface area contributed by atoms with Crippen molar-refractivity contribution in [3.8, 4) is 11.5 Å². The van der Waals surface area contributed by atoms with Crippen molar-refractivity contribution >= 4 is 17.6 Å². The van der Waals surface area contributed by atoms with Crippen LogP contribution in [0.5, 0.6) is 11.5 Å². The van der Waals surface area contributed by atoms with Crippen LogP contribution in [0.25, 0.3) is 0 Å². The molecule has 8 nitrogen and oxygen atoms in total. The van der Waals surface area contributed by atoms with E-state index in [-0.39, 0.29) is 41.1 Å². The molecule has 5 atom stereocenters. The number of likely N-dealkylation sites (tertiary alicyclic amines) is 2. The summed E-state index contributed by atoms with van der Waals surface area (Å²) in [5.74, 6) is 1.96. The SMILES string of the molecule is CCOC(=O)C1CCN([C@@H]2CC[C@H]3[C@H]4Cc5c(NC(C)=O)cc(O)c6c5[C@@]3(CCN4CC3CC3)[C@H]2O6)CC1. The highest BCUT2D eigenvalue weighted by Crippen LogP contribution is 2.65. The summed E-state index contributed by atoms with van der Waals surface area (Å²) in [6, 6.07) is 2.42. The van der Waals surface area contributed by atoms with Crippen LogP contribution in [0.4, 0.5) is 5.69 Å². The predicted octanol–water partition coefficient (Wildman–Crippen LogP) is 3.44. The van der Waals surface area contributed by atoms with Crippen molar-refractivity contribution in [3.63, 3.8) is 0 Å². The zero-order valence-electron chi connectivity index (χ0n) is 22.7. The number of aromatic hydroxyl groups is 1. The van der Waals surface area contributed by atoms with E-state index in [1.54, 1.807) is 6.07 Å². The van der Waals surface area contributed by atoms with E-state index >= 15 is 0 Å². The fourth-order valence-corrected chi connectivity index (χ4v) is 8.94. The first-order valence-corrected chi connectivity index (χ1v) is 14.9. The smallest absolute Gasteiger partial charge is 0.309 e. The Bertz CT molecular complexity index is 1140. The number of hydrogen-bond donors (Lipinski definition) is 2. The fraction of sp³-hybridized carbons (Fsp3) is 0.733. The second kappa shape index (κ2) is 9.12. The summed E-state index contributed by atoms with van der Waals surface area (Å²) in [6.45, 7) is 7.84. The lowest BCUT2D eigenvalue weighted by Gasteiger charge is -2.61. The topological polar surface area (TPSA) is 91.3 Å². The van der Waals surface area contributed by atoms with Gasteiger partial charge in [0.1, 0.15) is 6.10 Å². The molecule has 7 rings (SSSR count). The molecular weight excluding hydrogens is 482 g/mol. The number of hydrogen-bond acceptors (Lipinski definition) is 7. The summed E-state index contributed by atoms with van der Waals surface area (Å²) in [5, 5.41) is 14.2. The van der Waals surface area contributed by atoms with E-state index in [1.165, 1.54) is 37.4 Å². The molecule has 4 fully saturated rings. The average Bonchev–Trinajstić information content (AvgIpc) is 3.65. The van der Waals surface area contributed by atoms with Gasteiger partial charge in [-0.05, 0) is 95.3 Å². The average molecular weight is 524 g/mol. The van der Waals surface area contributed by atoms with Gasteiger partial charge in [0.15, 0.2) is 11.5 Å². The second-order valence-electron chi connectivity index (χ2n) is 12.7. The van der Waals surface area contributed by atoms with Crippen LogP contribution in [0.3, 0.4) is 0 Å². The van der Waals surface area contributed by atoms with Gasteiger partial charge in [-0.25, -0.2) is 0 Å². The Balaban J connectivity index is 1.25. The minimum atomic E-state index is -0.138. The van der Waals surface area contributed by atoms with E-state index in [2.05, 4.69) is 15.1 Å². The number of phenolic OH excluding ortho intramolecular Hbond substituents is 1. The number of piperidine rings is 2. The van der Waals surface area contributed by atoms with Crippen LogP contribution in [-0.2, 0) is 26.2 Å². The number of carbonyl (C=O) groups excluding carboxylic acids is 2. The molecule has 1 aromatic rings. The number of rotatable bonds is 6. The molecule has 2 saturated heterocycles. The van der Waals surface area contributed by atoms with Crippen molar-refractivity contribution in [1.29, 1.82) is 0 Å². The molecule has 3 aliphatic carbocycles. The van der Waals surface area contributed by atoms with E-state index in [0.717, 1.165) is 69.8 Å². The number of ether oxygens (including phenoxy) is 2. The number of phenols is 1. The molecule has 2 bridgehead atoms. The Morgan fingerprint density at radius 3 is 2.63 bits per heavy atom. The second-order valence-corrected chi connectivity index (χ2v) is 12.7. The number of amides is 1. The summed E-state index contributed by atoms with van der Waals surface area (Å²) >= 11 is 0. The lowest BCUT2D eigenvalue weighted by Crippen LogP contribution is -2.69. The lowest BCUT2D eigenvalue weighted by atomic mass is 9.50. The highest BCUT2D eigenvalue weighted by atomic mass is 16.5. The maximum absolute atomic E-state index is 12.4. The van der Waals surface area contributed by atoms with E-state index in [4.69, 9.17) is 9.47 Å². The summed E-state index contributed by atoms with van der Waals surface area (Å²) in [5.41, 5.74) is 2.98. The van der Waals surface area contributed by atoms with Gasteiger partial charge in [-0.2, -0.15) is 0 Å². The fourth-order valence-electron chi connectivity index (χ4n) is 8.94. The van der Waals surface area contributed by atoms with Crippen LogP contribution in [-0.4, -0.2) is 77.8 Å².